The fraction of sp³-hybridized carbons (Fsp3) is 0.429. The van der Waals surface area contributed by atoms with Gasteiger partial charge in [-0.05, 0) is 24.3 Å². The molecule has 0 bridgehead atoms. The van der Waals surface area contributed by atoms with Crippen molar-refractivity contribution in [3.8, 4) is 6.07 Å². The van der Waals surface area contributed by atoms with E-state index in [2.05, 4.69) is 6.07 Å². The van der Waals surface area contributed by atoms with Crippen LogP contribution in [-0.4, -0.2) is 19.2 Å². The summed E-state index contributed by atoms with van der Waals surface area (Å²) < 4.78 is 10.3. The maximum absolute atomic E-state index is 11.7. The number of nitrogens with zero attached hydrogens (tertiary/aromatic N) is 1. The average Bonchev–Trinajstić information content (AvgIpc) is 2.97. The molecule has 0 saturated carbocycles. The molecule has 0 N–H and O–H groups in total. The normalized spacial score (nSPS) is 15.8. The van der Waals surface area contributed by atoms with E-state index >= 15 is 0 Å². The Labute approximate surface area is 116 Å². The highest BCUT2D eigenvalue weighted by Crippen LogP contribution is 2.17. The van der Waals surface area contributed by atoms with Gasteiger partial charge in [0.25, 0.3) is 0 Å². The van der Waals surface area contributed by atoms with Crippen molar-refractivity contribution in [2.24, 2.45) is 5.92 Å². The molecule has 0 aromatic carbocycles. The molecule has 5 heteroatoms. The number of esters is 1. The first-order valence-electron chi connectivity index (χ1n) is 6.19. The zero-order valence-corrected chi connectivity index (χ0v) is 11.3. The van der Waals surface area contributed by atoms with Gasteiger partial charge in [-0.1, -0.05) is 6.07 Å². The van der Waals surface area contributed by atoms with Crippen LogP contribution in [0.4, 0.5) is 0 Å². The van der Waals surface area contributed by atoms with Crippen molar-refractivity contribution in [1.82, 2.24) is 0 Å². The van der Waals surface area contributed by atoms with Crippen molar-refractivity contribution in [2.75, 3.05) is 13.2 Å². The minimum absolute atomic E-state index is 0.130. The first-order valence-corrected chi connectivity index (χ1v) is 7.07. The van der Waals surface area contributed by atoms with Crippen molar-refractivity contribution in [1.29, 1.82) is 5.26 Å². The highest BCUT2D eigenvalue weighted by atomic mass is 32.1. The summed E-state index contributed by atoms with van der Waals surface area (Å²) in [5.41, 5.74) is 0.555. The van der Waals surface area contributed by atoms with Crippen LogP contribution in [0.1, 0.15) is 17.7 Å². The van der Waals surface area contributed by atoms with E-state index in [9.17, 15) is 4.79 Å². The van der Waals surface area contributed by atoms with Crippen LogP contribution in [0, 0.1) is 17.2 Å². The van der Waals surface area contributed by atoms with Crippen molar-refractivity contribution in [3.63, 3.8) is 0 Å². The summed E-state index contributed by atoms with van der Waals surface area (Å²) in [7, 11) is 0. The fourth-order valence-electron chi connectivity index (χ4n) is 1.80. The SMILES string of the molecule is N#C[C@@H](COC(=O)C1=COCCC1)Cc1cccs1. The Balaban J connectivity index is 1.81. The summed E-state index contributed by atoms with van der Waals surface area (Å²) >= 11 is 1.61. The number of ether oxygens (including phenoxy) is 2. The number of nitriles is 1. The van der Waals surface area contributed by atoms with Crippen LogP contribution in [0.15, 0.2) is 29.3 Å². The van der Waals surface area contributed by atoms with Crippen LogP contribution in [0.25, 0.3) is 0 Å². The van der Waals surface area contributed by atoms with E-state index < -0.39 is 0 Å². The Morgan fingerprint density at radius 3 is 3.16 bits per heavy atom. The molecule has 0 saturated heterocycles. The maximum Gasteiger partial charge on any atom is 0.337 e. The van der Waals surface area contributed by atoms with Gasteiger partial charge in [-0.15, -0.1) is 11.3 Å². The fourth-order valence-corrected chi connectivity index (χ4v) is 2.58. The molecule has 4 nitrogen and oxygen atoms in total. The Morgan fingerprint density at radius 1 is 1.63 bits per heavy atom. The van der Waals surface area contributed by atoms with E-state index in [0.29, 0.717) is 25.0 Å². The molecule has 2 rings (SSSR count). The summed E-state index contributed by atoms with van der Waals surface area (Å²) in [6.07, 6.45) is 3.60. The predicted molar refractivity (Wildman–Crippen MR) is 71.4 cm³/mol. The number of rotatable bonds is 5. The zero-order valence-electron chi connectivity index (χ0n) is 10.5. The minimum Gasteiger partial charge on any atom is -0.501 e. The van der Waals surface area contributed by atoms with Gasteiger partial charge in [0.05, 0.1) is 30.4 Å². The third-order valence-corrected chi connectivity index (χ3v) is 3.72. The van der Waals surface area contributed by atoms with Crippen LogP contribution in [-0.2, 0) is 20.7 Å². The second-order valence-corrected chi connectivity index (χ2v) is 5.36. The monoisotopic (exact) mass is 277 g/mol. The van der Waals surface area contributed by atoms with E-state index in [1.807, 2.05) is 17.5 Å². The third kappa shape index (κ3) is 4.11. The first kappa shape index (κ1) is 13.6. The number of carbonyl (C=O) groups is 1. The second-order valence-electron chi connectivity index (χ2n) is 4.33. The Hall–Kier alpha value is -1.80. The molecule has 0 amide bonds. The predicted octanol–water partition coefficient (Wildman–Crippen LogP) is 2.67. The van der Waals surface area contributed by atoms with E-state index in [4.69, 9.17) is 14.7 Å². The number of hydrogen-bond donors (Lipinski definition) is 0. The van der Waals surface area contributed by atoms with E-state index in [0.717, 1.165) is 11.3 Å². The van der Waals surface area contributed by atoms with Gasteiger partial charge in [-0.2, -0.15) is 5.26 Å². The lowest BCUT2D eigenvalue weighted by molar-refractivity contribution is -0.140. The topological polar surface area (TPSA) is 59.3 Å². The maximum atomic E-state index is 11.7. The Kier molecular flexibility index (Phi) is 4.99. The van der Waals surface area contributed by atoms with Gasteiger partial charge in [-0.3, -0.25) is 0 Å². The first-order chi connectivity index (χ1) is 9.29. The van der Waals surface area contributed by atoms with Gasteiger partial charge in [-0.25, -0.2) is 4.79 Å². The number of thiophene rings is 1. The molecule has 1 aliphatic heterocycles. The quantitative estimate of drug-likeness (QED) is 0.776. The van der Waals surface area contributed by atoms with Crippen LogP contribution in [0.3, 0.4) is 0 Å². The number of carbonyl (C=O) groups excluding carboxylic acids is 1. The van der Waals surface area contributed by atoms with Crippen LogP contribution < -0.4 is 0 Å². The number of hydrogen-bond acceptors (Lipinski definition) is 5. The molecule has 0 radical (unpaired) electrons. The highest BCUT2D eigenvalue weighted by molar-refractivity contribution is 7.09. The summed E-state index contributed by atoms with van der Waals surface area (Å²) in [6.45, 7) is 0.778. The van der Waals surface area contributed by atoms with Gasteiger partial charge in [0, 0.05) is 11.3 Å². The second kappa shape index (κ2) is 6.95. The molecule has 0 fully saturated rings. The smallest absolute Gasteiger partial charge is 0.337 e. The summed E-state index contributed by atoms with van der Waals surface area (Å²) in [5, 5.41) is 11.0. The van der Waals surface area contributed by atoms with Crippen molar-refractivity contribution in [2.45, 2.75) is 19.3 Å². The van der Waals surface area contributed by atoms with Crippen molar-refractivity contribution in [3.05, 3.63) is 34.2 Å². The van der Waals surface area contributed by atoms with Crippen LogP contribution in [0.5, 0.6) is 0 Å². The molecular formula is C14H15NO3S. The lowest BCUT2D eigenvalue weighted by atomic mass is 10.1. The van der Waals surface area contributed by atoms with Gasteiger partial charge < -0.3 is 9.47 Å². The molecule has 2 heterocycles. The van der Waals surface area contributed by atoms with E-state index in [-0.39, 0.29) is 18.5 Å². The van der Waals surface area contributed by atoms with Crippen molar-refractivity contribution < 1.29 is 14.3 Å². The molecule has 1 aromatic heterocycles. The largest absolute Gasteiger partial charge is 0.501 e. The summed E-state index contributed by atoms with van der Waals surface area (Å²) in [5.74, 6) is -0.668. The molecular weight excluding hydrogens is 262 g/mol. The molecule has 0 aliphatic carbocycles. The molecule has 1 aliphatic rings. The molecule has 1 aromatic rings. The summed E-state index contributed by atoms with van der Waals surface area (Å²) in [4.78, 5) is 12.9. The van der Waals surface area contributed by atoms with Crippen LogP contribution >= 0.6 is 11.3 Å². The standard InChI is InChI=1S/C14H15NO3S/c15-8-11(7-13-4-2-6-19-13)9-18-14(16)12-3-1-5-17-10-12/h2,4,6,10-11H,1,3,5,7,9H2/t11-/m0/s1. The van der Waals surface area contributed by atoms with Gasteiger partial charge >= 0.3 is 5.97 Å². The summed E-state index contributed by atoms with van der Waals surface area (Å²) in [6, 6.07) is 6.11. The average molecular weight is 277 g/mol. The lowest BCUT2D eigenvalue weighted by Gasteiger charge is -2.14. The van der Waals surface area contributed by atoms with Crippen molar-refractivity contribution >= 4 is 17.3 Å². The minimum atomic E-state index is -0.369. The Bertz CT molecular complexity index is 487. The van der Waals surface area contributed by atoms with Gasteiger partial charge in [0.1, 0.15) is 6.61 Å². The molecule has 0 spiro atoms. The molecule has 0 unspecified atom stereocenters. The van der Waals surface area contributed by atoms with Gasteiger partial charge in [0.15, 0.2) is 0 Å². The lowest BCUT2D eigenvalue weighted by Crippen LogP contribution is -2.17. The Morgan fingerprint density at radius 2 is 2.53 bits per heavy atom. The highest BCUT2D eigenvalue weighted by Gasteiger charge is 2.17. The molecule has 100 valence electrons. The zero-order chi connectivity index (χ0) is 13.5. The third-order valence-electron chi connectivity index (χ3n) is 2.82. The van der Waals surface area contributed by atoms with Crippen LogP contribution in [0.2, 0.25) is 0 Å². The van der Waals surface area contributed by atoms with Gasteiger partial charge in [0.2, 0.25) is 0 Å². The van der Waals surface area contributed by atoms with E-state index in [1.165, 1.54) is 6.26 Å². The molecule has 19 heavy (non-hydrogen) atoms. The van der Waals surface area contributed by atoms with E-state index in [1.54, 1.807) is 11.3 Å². The molecule has 1 atom stereocenters.